The highest BCUT2D eigenvalue weighted by Gasteiger charge is 2.43. The second-order valence-electron chi connectivity index (χ2n) is 9.55. The Kier molecular flexibility index (Phi) is 6.07. The molecule has 1 N–H and O–H groups in total. The Morgan fingerprint density at radius 2 is 1.88 bits per heavy atom. The number of Topliss-reactive ketones (excluding diaryl/α,β-unsaturated/α-hetero) is 1. The van der Waals surface area contributed by atoms with Gasteiger partial charge < -0.3 is 19.2 Å². The summed E-state index contributed by atoms with van der Waals surface area (Å²) in [5.74, 6) is 1.28. The molecule has 6 nitrogen and oxygen atoms in total. The molecule has 2 heterocycles. The van der Waals surface area contributed by atoms with Crippen LogP contribution in [0.4, 0.5) is 0 Å². The van der Waals surface area contributed by atoms with Crippen LogP contribution in [0.5, 0.6) is 5.75 Å². The van der Waals surface area contributed by atoms with Crippen molar-refractivity contribution in [3.8, 4) is 5.75 Å². The van der Waals surface area contributed by atoms with E-state index >= 15 is 0 Å². The smallest absolute Gasteiger partial charge is 0.337 e. The topological polar surface area (TPSA) is 77.8 Å². The number of rotatable bonds is 5. The van der Waals surface area contributed by atoms with Crippen LogP contribution in [-0.4, -0.2) is 25.0 Å². The largest absolute Gasteiger partial charge is 0.497 e. The molecule has 2 aromatic rings. The summed E-state index contributed by atoms with van der Waals surface area (Å²) in [4.78, 5) is 27.0. The van der Waals surface area contributed by atoms with Crippen LogP contribution >= 0.6 is 0 Å². The molecule has 0 unspecified atom stereocenters. The number of esters is 1. The van der Waals surface area contributed by atoms with E-state index in [4.69, 9.17) is 13.9 Å². The van der Waals surface area contributed by atoms with Gasteiger partial charge in [0.15, 0.2) is 5.78 Å². The molecule has 2 atom stereocenters. The lowest BCUT2D eigenvalue weighted by Gasteiger charge is -2.36. The Morgan fingerprint density at radius 1 is 1.09 bits per heavy atom. The van der Waals surface area contributed by atoms with E-state index in [2.05, 4.69) is 5.32 Å². The minimum Gasteiger partial charge on any atom is -0.497 e. The second-order valence-corrected chi connectivity index (χ2v) is 9.55. The highest BCUT2D eigenvalue weighted by atomic mass is 16.5. The molecule has 2 aliphatic carbocycles. The SMILES string of the molecule is COc1cccc([C@H]2CC(=O)C3=C(C2)NC(C)=C(C(=O)OC2CCCC2)[C@H]3c2ccc(C)o2)c1. The lowest BCUT2D eigenvalue weighted by Crippen LogP contribution is -2.36. The van der Waals surface area contributed by atoms with Crippen LogP contribution < -0.4 is 10.1 Å². The van der Waals surface area contributed by atoms with Crippen molar-refractivity contribution in [3.63, 3.8) is 0 Å². The van der Waals surface area contributed by atoms with Crippen molar-refractivity contribution in [1.29, 1.82) is 0 Å². The van der Waals surface area contributed by atoms with Gasteiger partial charge in [-0.05, 0) is 81.7 Å². The second kappa shape index (κ2) is 9.16. The van der Waals surface area contributed by atoms with E-state index in [9.17, 15) is 9.59 Å². The normalized spacial score (nSPS) is 23.1. The molecule has 178 valence electrons. The van der Waals surface area contributed by atoms with Crippen molar-refractivity contribution < 1.29 is 23.5 Å². The van der Waals surface area contributed by atoms with Gasteiger partial charge in [0.05, 0.1) is 18.6 Å². The van der Waals surface area contributed by atoms with Gasteiger partial charge in [-0.25, -0.2) is 4.79 Å². The number of dihydropyridines is 1. The van der Waals surface area contributed by atoms with E-state index < -0.39 is 5.92 Å². The van der Waals surface area contributed by atoms with Gasteiger partial charge in [0.1, 0.15) is 23.4 Å². The summed E-state index contributed by atoms with van der Waals surface area (Å²) in [6, 6.07) is 11.6. The fraction of sp³-hybridized carbons (Fsp3) is 0.429. The zero-order valence-electron chi connectivity index (χ0n) is 20.0. The highest BCUT2D eigenvalue weighted by molar-refractivity contribution is 6.04. The minimum absolute atomic E-state index is 0.0271. The van der Waals surface area contributed by atoms with E-state index in [0.717, 1.165) is 54.2 Å². The third kappa shape index (κ3) is 4.17. The van der Waals surface area contributed by atoms with Gasteiger partial charge in [-0.15, -0.1) is 0 Å². The standard InChI is InChI=1S/C28H31NO5/c1-16-11-12-24(33-16)27-25(28(31)34-20-8-4-5-9-20)17(2)29-22-14-19(15-23(30)26(22)27)18-7-6-10-21(13-18)32-3/h6-7,10-13,19-20,27,29H,4-5,8-9,14-15H2,1-3H3/t19-,27-/m1/s1. The van der Waals surface area contributed by atoms with Crippen LogP contribution in [0.1, 0.15) is 74.4 Å². The van der Waals surface area contributed by atoms with Crippen molar-refractivity contribution in [2.75, 3.05) is 7.11 Å². The molecule has 1 aliphatic heterocycles. The summed E-state index contributed by atoms with van der Waals surface area (Å²) in [6.07, 6.45) is 4.93. The quantitative estimate of drug-likeness (QED) is 0.597. The number of furan rings is 1. The number of methoxy groups -OCH3 is 1. The number of hydrogen-bond donors (Lipinski definition) is 1. The van der Waals surface area contributed by atoms with Crippen LogP contribution in [-0.2, 0) is 14.3 Å². The number of benzene rings is 1. The first-order valence-corrected chi connectivity index (χ1v) is 12.1. The number of ether oxygens (including phenoxy) is 2. The zero-order chi connectivity index (χ0) is 23.8. The van der Waals surface area contributed by atoms with Gasteiger partial charge in [0.25, 0.3) is 0 Å². The van der Waals surface area contributed by atoms with E-state index in [1.807, 2.05) is 50.2 Å². The Hall–Kier alpha value is -3.28. The molecule has 0 radical (unpaired) electrons. The molecule has 5 rings (SSSR count). The molecular formula is C28H31NO5. The van der Waals surface area contributed by atoms with Gasteiger partial charge in [0.2, 0.25) is 0 Å². The molecular weight excluding hydrogens is 430 g/mol. The minimum atomic E-state index is -0.558. The molecule has 3 aliphatic rings. The molecule has 0 bridgehead atoms. The molecule has 6 heteroatoms. The summed E-state index contributed by atoms with van der Waals surface area (Å²) < 4.78 is 17.3. The van der Waals surface area contributed by atoms with Gasteiger partial charge in [-0.2, -0.15) is 0 Å². The molecule has 0 saturated heterocycles. The number of allylic oxidation sites excluding steroid dienone is 3. The van der Waals surface area contributed by atoms with Crippen molar-refractivity contribution in [3.05, 3.63) is 76.0 Å². The molecule has 1 aromatic heterocycles. The van der Waals surface area contributed by atoms with Crippen LogP contribution in [0.15, 0.2) is 63.4 Å². The Bertz CT molecular complexity index is 1180. The first kappa shape index (κ1) is 22.5. The van der Waals surface area contributed by atoms with E-state index in [-0.39, 0.29) is 23.8 Å². The Labute approximate surface area is 200 Å². The van der Waals surface area contributed by atoms with Crippen molar-refractivity contribution in [2.45, 2.75) is 70.3 Å². The summed E-state index contributed by atoms with van der Waals surface area (Å²) >= 11 is 0. The maximum atomic E-state index is 13.6. The fourth-order valence-corrected chi connectivity index (χ4v) is 5.55. The summed E-state index contributed by atoms with van der Waals surface area (Å²) in [6.45, 7) is 3.76. The van der Waals surface area contributed by atoms with Crippen LogP contribution in [0.3, 0.4) is 0 Å². The average Bonchev–Trinajstić information content (AvgIpc) is 3.49. The predicted molar refractivity (Wildman–Crippen MR) is 127 cm³/mol. The molecule has 0 spiro atoms. The number of hydrogen-bond acceptors (Lipinski definition) is 6. The summed E-state index contributed by atoms with van der Waals surface area (Å²) in [5.41, 5.74) is 3.75. The predicted octanol–water partition coefficient (Wildman–Crippen LogP) is 5.44. The molecule has 1 fully saturated rings. The third-order valence-electron chi connectivity index (χ3n) is 7.23. The van der Waals surface area contributed by atoms with E-state index in [1.165, 1.54) is 0 Å². The molecule has 1 saturated carbocycles. The number of carbonyl (C=O) groups excluding carboxylic acids is 2. The number of aryl methyl sites for hydroxylation is 1. The van der Waals surface area contributed by atoms with Crippen LogP contribution in [0.2, 0.25) is 0 Å². The molecule has 34 heavy (non-hydrogen) atoms. The van der Waals surface area contributed by atoms with Crippen molar-refractivity contribution in [1.82, 2.24) is 5.32 Å². The fourth-order valence-electron chi connectivity index (χ4n) is 5.55. The van der Waals surface area contributed by atoms with Crippen molar-refractivity contribution in [2.24, 2.45) is 0 Å². The summed E-state index contributed by atoms with van der Waals surface area (Å²) in [7, 11) is 1.64. The number of nitrogens with one attached hydrogen (secondary N) is 1. The number of ketones is 1. The lowest BCUT2D eigenvalue weighted by atomic mass is 9.73. The highest BCUT2D eigenvalue weighted by Crippen LogP contribution is 2.46. The maximum absolute atomic E-state index is 13.6. The van der Waals surface area contributed by atoms with Crippen molar-refractivity contribution >= 4 is 11.8 Å². The van der Waals surface area contributed by atoms with Gasteiger partial charge in [0, 0.05) is 23.4 Å². The van der Waals surface area contributed by atoms with E-state index in [1.54, 1.807) is 7.11 Å². The van der Waals surface area contributed by atoms with E-state index in [0.29, 0.717) is 29.7 Å². The number of carbonyl (C=O) groups is 2. The van der Waals surface area contributed by atoms with Gasteiger partial charge >= 0.3 is 5.97 Å². The van der Waals surface area contributed by atoms with Crippen LogP contribution in [0, 0.1) is 6.92 Å². The first-order chi connectivity index (χ1) is 16.4. The summed E-state index contributed by atoms with van der Waals surface area (Å²) in [5, 5.41) is 3.40. The lowest BCUT2D eigenvalue weighted by molar-refractivity contribution is -0.144. The first-order valence-electron chi connectivity index (χ1n) is 12.1. The average molecular weight is 462 g/mol. The molecule has 1 aromatic carbocycles. The van der Waals surface area contributed by atoms with Gasteiger partial charge in [-0.1, -0.05) is 12.1 Å². The van der Waals surface area contributed by atoms with Crippen LogP contribution in [0.25, 0.3) is 0 Å². The Morgan fingerprint density at radius 3 is 2.59 bits per heavy atom. The zero-order valence-corrected chi connectivity index (χ0v) is 20.0. The monoisotopic (exact) mass is 461 g/mol. The van der Waals surface area contributed by atoms with Gasteiger partial charge in [-0.3, -0.25) is 4.79 Å². The molecule has 0 amide bonds. The third-order valence-corrected chi connectivity index (χ3v) is 7.23. The Balaban J connectivity index is 1.51. The maximum Gasteiger partial charge on any atom is 0.337 e.